The second-order valence-corrected chi connectivity index (χ2v) is 5.11. The Hall–Kier alpha value is -2.53. The largest absolute Gasteiger partial charge is 0.482 e. The molecule has 0 radical (unpaired) electrons. The first-order valence-corrected chi connectivity index (χ1v) is 7.53. The van der Waals surface area contributed by atoms with Crippen molar-refractivity contribution < 1.29 is 14.3 Å². The summed E-state index contributed by atoms with van der Waals surface area (Å²) >= 11 is 5.95. The molecule has 0 bridgehead atoms. The van der Waals surface area contributed by atoms with E-state index in [-0.39, 0.29) is 18.4 Å². The maximum absolute atomic E-state index is 11.9. The summed E-state index contributed by atoms with van der Waals surface area (Å²) in [6.07, 6.45) is 0. The van der Waals surface area contributed by atoms with E-state index < -0.39 is 0 Å². The van der Waals surface area contributed by atoms with Gasteiger partial charge in [0.15, 0.2) is 6.61 Å². The van der Waals surface area contributed by atoms with Crippen LogP contribution in [0.2, 0.25) is 5.02 Å². The second kappa shape index (κ2) is 8.19. The lowest BCUT2D eigenvalue weighted by Gasteiger charge is -2.09. The molecule has 0 saturated carbocycles. The van der Waals surface area contributed by atoms with Crippen LogP contribution in [0.3, 0.4) is 0 Å². The fourth-order valence-electron chi connectivity index (χ4n) is 1.90. The number of para-hydroxylation sites is 1. The van der Waals surface area contributed by atoms with Crippen molar-refractivity contribution in [1.29, 1.82) is 0 Å². The zero-order valence-corrected chi connectivity index (χ0v) is 13.4. The Balaban J connectivity index is 1.94. The van der Waals surface area contributed by atoms with Crippen molar-refractivity contribution in [3.8, 4) is 5.75 Å². The minimum Gasteiger partial charge on any atom is -0.482 e. The van der Waals surface area contributed by atoms with Crippen LogP contribution in [0.5, 0.6) is 5.75 Å². The fraction of sp³-hybridized carbons (Fsp3) is 0.176. The van der Waals surface area contributed by atoms with Gasteiger partial charge in [-0.15, -0.1) is 0 Å². The van der Waals surface area contributed by atoms with Crippen LogP contribution in [-0.2, 0) is 4.79 Å². The highest BCUT2D eigenvalue weighted by Crippen LogP contribution is 2.23. The maximum Gasteiger partial charge on any atom is 0.262 e. The lowest BCUT2D eigenvalue weighted by atomic mass is 10.2. The zero-order valence-electron chi connectivity index (χ0n) is 12.6. The molecule has 2 amide bonds. The van der Waals surface area contributed by atoms with Gasteiger partial charge in [0.2, 0.25) is 0 Å². The molecule has 23 heavy (non-hydrogen) atoms. The number of benzene rings is 2. The normalized spacial score (nSPS) is 10.0. The Kier molecular flexibility index (Phi) is 6.00. The molecule has 2 rings (SSSR count). The van der Waals surface area contributed by atoms with Gasteiger partial charge in [-0.05, 0) is 37.3 Å². The third-order valence-electron chi connectivity index (χ3n) is 2.94. The molecule has 0 aromatic heterocycles. The summed E-state index contributed by atoms with van der Waals surface area (Å²) < 4.78 is 5.36. The van der Waals surface area contributed by atoms with E-state index in [0.717, 1.165) is 0 Å². The topological polar surface area (TPSA) is 67.4 Å². The predicted molar refractivity (Wildman–Crippen MR) is 90.0 cm³/mol. The van der Waals surface area contributed by atoms with Gasteiger partial charge in [-0.1, -0.05) is 29.8 Å². The number of carbonyl (C=O) groups is 2. The first kappa shape index (κ1) is 16.8. The number of halogens is 1. The maximum atomic E-state index is 11.9. The molecule has 0 aliphatic heterocycles. The van der Waals surface area contributed by atoms with Crippen molar-refractivity contribution in [2.24, 2.45) is 0 Å². The standard InChI is InChI=1S/C17H17ClN2O3/c1-2-19-17(22)12-6-5-7-13(10-12)20-16(21)11-23-15-9-4-3-8-14(15)18/h3-10H,2,11H2,1H3,(H,19,22)(H,20,21). The number of rotatable bonds is 6. The Bertz CT molecular complexity index is 704. The predicted octanol–water partition coefficient (Wildman–Crippen LogP) is 3.11. The molecule has 0 aliphatic rings. The highest BCUT2D eigenvalue weighted by Gasteiger charge is 2.08. The van der Waals surface area contributed by atoms with E-state index in [0.29, 0.717) is 28.6 Å². The molecule has 6 heteroatoms. The summed E-state index contributed by atoms with van der Waals surface area (Å²) in [6, 6.07) is 13.6. The van der Waals surface area contributed by atoms with E-state index in [2.05, 4.69) is 10.6 Å². The van der Waals surface area contributed by atoms with Gasteiger partial charge in [-0.25, -0.2) is 0 Å². The minimum absolute atomic E-state index is 0.172. The number of ether oxygens (including phenoxy) is 1. The molecule has 0 aliphatic carbocycles. The summed E-state index contributed by atoms with van der Waals surface area (Å²) in [5, 5.41) is 5.83. The Labute approximate surface area is 139 Å². The van der Waals surface area contributed by atoms with Crippen LogP contribution in [0, 0.1) is 0 Å². The van der Waals surface area contributed by atoms with Crippen molar-refractivity contribution in [2.45, 2.75) is 6.92 Å². The van der Waals surface area contributed by atoms with E-state index in [9.17, 15) is 9.59 Å². The summed E-state index contributed by atoms with van der Waals surface area (Å²) in [5.41, 5.74) is 1.01. The van der Waals surface area contributed by atoms with Gasteiger partial charge in [0, 0.05) is 17.8 Å². The van der Waals surface area contributed by atoms with Crippen LogP contribution in [-0.4, -0.2) is 25.0 Å². The molecule has 0 unspecified atom stereocenters. The van der Waals surface area contributed by atoms with Gasteiger partial charge in [-0.3, -0.25) is 9.59 Å². The number of hydrogen-bond donors (Lipinski definition) is 2. The third-order valence-corrected chi connectivity index (χ3v) is 3.25. The third kappa shape index (κ3) is 5.00. The first-order chi connectivity index (χ1) is 11.1. The van der Waals surface area contributed by atoms with Crippen molar-refractivity contribution in [2.75, 3.05) is 18.5 Å². The average molecular weight is 333 g/mol. The van der Waals surface area contributed by atoms with Crippen molar-refractivity contribution in [1.82, 2.24) is 5.32 Å². The van der Waals surface area contributed by atoms with Gasteiger partial charge in [0.1, 0.15) is 5.75 Å². The van der Waals surface area contributed by atoms with E-state index in [1.165, 1.54) is 0 Å². The molecular weight excluding hydrogens is 316 g/mol. The fourth-order valence-corrected chi connectivity index (χ4v) is 2.09. The summed E-state index contributed by atoms with van der Waals surface area (Å²) in [7, 11) is 0. The smallest absolute Gasteiger partial charge is 0.262 e. The Morgan fingerprint density at radius 1 is 1.13 bits per heavy atom. The van der Waals surface area contributed by atoms with Crippen molar-refractivity contribution in [3.63, 3.8) is 0 Å². The average Bonchev–Trinajstić information content (AvgIpc) is 2.54. The van der Waals surface area contributed by atoms with Crippen LogP contribution >= 0.6 is 11.6 Å². The van der Waals surface area contributed by atoms with E-state index in [4.69, 9.17) is 16.3 Å². The summed E-state index contributed by atoms with van der Waals surface area (Å²) in [6.45, 7) is 2.21. The second-order valence-electron chi connectivity index (χ2n) is 4.71. The first-order valence-electron chi connectivity index (χ1n) is 7.15. The molecular formula is C17H17ClN2O3. The quantitative estimate of drug-likeness (QED) is 0.854. The Morgan fingerprint density at radius 2 is 1.91 bits per heavy atom. The highest BCUT2D eigenvalue weighted by molar-refractivity contribution is 6.32. The molecule has 120 valence electrons. The van der Waals surface area contributed by atoms with Gasteiger partial charge in [0.25, 0.3) is 11.8 Å². The number of carbonyl (C=O) groups excluding carboxylic acids is 2. The van der Waals surface area contributed by atoms with Crippen LogP contribution < -0.4 is 15.4 Å². The van der Waals surface area contributed by atoms with Gasteiger partial charge >= 0.3 is 0 Å². The van der Waals surface area contributed by atoms with Crippen LogP contribution in [0.1, 0.15) is 17.3 Å². The molecule has 2 aromatic carbocycles. The molecule has 2 aromatic rings. The lowest BCUT2D eigenvalue weighted by Crippen LogP contribution is -2.23. The Morgan fingerprint density at radius 3 is 2.65 bits per heavy atom. The van der Waals surface area contributed by atoms with Crippen LogP contribution in [0.15, 0.2) is 48.5 Å². The lowest BCUT2D eigenvalue weighted by molar-refractivity contribution is -0.118. The zero-order chi connectivity index (χ0) is 16.7. The van der Waals surface area contributed by atoms with Crippen LogP contribution in [0.4, 0.5) is 5.69 Å². The van der Waals surface area contributed by atoms with E-state index in [1.54, 1.807) is 48.5 Å². The van der Waals surface area contributed by atoms with Gasteiger partial charge in [-0.2, -0.15) is 0 Å². The molecule has 2 N–H and O–H groups in total. The highest BCUT2D eigenvalue weighted by atomic mass is 35.5. The monoisotopic (exact) mass is 332 g/mol. The molecule has 0 heterocycles. The summed E-state index contributed by atoms with van der Waals surface area (Å²) in [4.78, 5) is 23.7. The summed E-state index contributed by atoms with van der Waals surface area (Å²) in [5.74, 6) is -0.0747. The molecule has 5 nitrogen and oxygen atoms in total. The number of nitrogens with one attached hydrogen (secondary N) is 2. The number of anilines is 1. The number of hydrogen-bond acceptors (Lipinski definition) is 3. The van der Waals surface area contributed by atoms with E-state index in [1.807, 2.05) is 6.92 Å². The molecule has 0 saturated heterocycles. The van der Waals surface area contributed by atoms with Gasteiger partial charge < -0.3 is 15.4 Å². The molecule has 0 spiro atoms. The van der Waals surface area contributed by atoms with Gasteiger partial charge in [0.05, 0.1) is 5.02 Å². The van der Waals surface area contributed by atoms with Crippen molar-refractivity contribution in [3.05, 3.63) is 59.1 Å². The SMILES string of the molecule is CCNC(=O)c1cccc(NC(=O)COc2ccccc2Cl)c1. The minimum atomic E-state index is -0.335. The molecule has 0 fully saturated rings. The number of amides is 2. The van der Waals surface area contributed by atoms with E-state index >= 15 is 0 Å². The van der Waals surface area contributed by atoms with Crippen molar-refractivity contribution >= 4 is 29.1 Å². The molecule has 0 atom stereocenters. The van der Waals surface area contributed by atoms with Crippen LogP contribution in [0.25, 0.3) is 0 Å².